The van der Waals surface area contributed by atoms with Crippen molar-refractivity contribution in [2.75, 3.05) is 39.8 Å². The molecule has 0 aromatic carbocycles. The van der Waals surface area contributed by atoms with Crippen LogP contribution < -0.4 is 10.6 Å². The highest BCUT2D eigenvalue weighted by atomic mass is 16.5. The molecule has 0 amide bonds. The number of nitrogens with one attached hydrogen (secondary N) is 2. The van der Waals surface area contributed by atoms with Gasteiger partial charge in [-0.3, -0.25) is 4.99 Å². The summed E-state index contributed by atoms with van der Waals surface area (Å²) in [5, 5.41) is 6.87. The van der Waals surface area contributed by atoms with Crippen LogP contribution >= 0.6 is 0 Å². The first kappa shape index (κ1) is 14.6. The van der Waals surface area contributed by atoms with Crippen molar-refractivity contribution in [3.05, 3.63) is 0 Å². The molecule has 1 saturated carbocycles. The maximum Gasteiger partial charge on any atom is 0.191 e. The number of morpholine rings is 1. The summed E-state index contributed by atoms with van der Waals surface area (Å²) in [7, 11) is 2.14. The number of hydrogen-bond donors (Lipinski definition) is 2. The summed E-state index contributed by atoms with van der Waals surface area (Å²) in [6.45, 7) is 6.59. The van der Waals surface area contributed by atoms with Crippen molar-refractivity contribution >= 4 is 5.96 Å². The lowest BCUT2D eigenvalue weighted by molar-refractivity contribution is -0.0136. The zero-order valence-electron chi connectivity index (χ0n) is 12.3. The van der Waals surface area contributed by atoms with E-state index in [1.54, 1.807) is 0 Å². The van der Waals surface area contributed by atoms with E-state index >= 15 is 0 Å². The minimum absolute atomic E-state index is 0.234. The van der Waals surface area contributed by atoms with Crippen molar-refractivity contribution in [2.24, 2.45) is 4.99 Å². The number of nitrogens with zero attached hydrogens (tertiary/aromatic N) is 2. The van der Waals surface area contributed by atoms with Crippen LogP contribution in [0.25, 0.3) is 0 Å². The predicted octanol–water partition coefficient (Wildman–Crippen LogP) is 0.815. The molecule has 1 aliphatic carbocycles. The van der Waals surface area contributed by atoms with Crippen molar-refractivity contribution in [3.63, 3.8) is 0 Å². The quantitative estimate of drug-likeness (QED) is 0.585. The van der Waals surface area contributed by atoms with Gasteiger partial charge in [-0.05, 0) is 26.8 Å². The second-order valence-electron chi connectivity index (χ2n) is 5.60. The third-order valence-corrected chi connectivity index (χ3v) is 3.84. The van der Waals surface area contributed by atoms with Gasteiger partial charge in [0.15, 0.2) is 5.96 Å². The Hall–Kier alpha value is -0.810. The fraction of sp³-hybridized carbons (Fsp3) is 0.929. The zero-order chi connectivity index (χ0) is 13.5. The summed E-state index contributed by atoms with van der Waals surface area (Å²) < 4.78 is 5.74. The minimum atomic E-state index is 0.234. The van der Waals surface area contributed by atoms with Gasteiger partial charge in [-0.15, -0.1) is 0 Å². The van der Waals surface area contributed by atoms with Crippen molar-refractivity contribution < 1.29 is 4.74 Å². The Balaban J connectivity index is 1.80. The maximum atomic E-state index is 5.74. The molecule has 2 aliphatic rings. The Morgan fingerprint density at radius 3 is 2.84 bits per heavy atom. The van der Waals surface area contributed by atoms with Gasteiger partial charge in [0.2, 0.25) is 0 Å². The van der Waals surface area contributed by atoms with Crippen LogP contribution in [0.4, 0.5) is 0 Å². The average molecular weight is 268 g/mol. The molecule has 0 aromatic heterocycles. The molecule has 19 heavy (non-hydrogen) atoms. The number of hydrogen-bond acceptors (Lipinski definition) is 3. The minimum Gasteiger partial charge on any atom is -0.374 e. The fourth-order valence-corrected chi connectivity index (χ4v) is 2.75. The van der Waals surface area contributed by atoms with E-state index in [9.17, 15) is 0 Å². The standard InChI is InChI=1S/C14H28N4O/c1-3-15-14(17-12-6-4-5-7-12)16-10-13-11-18(2)8-9-19-13/h12-13H,3-11H2,1-2H3,(H2,15,16,17). The van der Waals surface area contributed by atoms with Gasteiger partial charge in [0.25, 0.3) is 0 Å². The lowest BCUT2D eigenvalue weighted by atomic mass is 10.2. The molecular formula is C14H28N4O. The van der Waals surface area contributed by atoms with Gasteiger partial charge < -0.3 is 20.3 Å². The molecule has 5 nitrogen and oxygen atoms in total. The predicted molar refractivity (Wildman–Crippen MR) is 78.6 cm³/mol. The highest BCUT2D eigenvalue weighted by Gasteiger charge is 2.19. The Morgan fingerprint density at radius 2 is 2.16 bits per heavy atom. The third kappa shape index (κ3) is 4.99. The first-order valence-electron chi connectivity index (χ1n) is 7.63. The Bertz CT molecular complexity index is 289. The monoisotopic (exact) mass is 268 g/mol. The molecule has 0 aromatic rings. The number of likely N-dealkylation sites (N-methyl/N-ethyl adjacent to an activating group) is 1. The van der Waals surface area contributed by atoms with Gasteiger partial charge in [0.1, 0.15) is 0 Å². The molecule has 2 fully saturated rings. The lowest BCUT2D eigenvalue weighted by Gasteiger charge is -2.29. The van der Waals surface area contributed by atoms with E-state index in [1.807, 2.05) is 0 Å². The van der Waals surface area contributed by atoms with E-state index in [1.165, 1.54) is 25.7 Å². The summed E-state index contributed by atoms with van der Waals surface area (Å²) >= 11 is 0. The van der Waals surface area contributed by atoms with Gasteiger partial charge in [-0.25, -0.2) is 0 Å². The number of rotatable bonds is 4. The van der Waals surface area contributed by atoms with Gasteiger partial charge >= 0.3 is 0 Å². The number of aliphatic imine (C=N–C) groups is 1. The molecule has 1 unspecified atom stereocenters. The van der Waals surface area contributed by atoms with Crippen LogP contribution in [0.1, 0.15) is 32.6 Å². The largest absolute Gasteiger partial charge is 0.374 e. The molecule has 1 atom stereocenters. The molecule has 1 aliphatic heterocycles. The molecule has 110 valence electrons. The van der Waals surface area contributed by atoms with E-state index in [-0.39, 0.29) is 6.10 Å². The van der Waals surface area contributed by atoms with Crippen molar-refractivity contribution in [2.45, 2.75) is 44.8 Å². The van der Waals surface area contributed by atoms with Gasteiger partial charge in [-0.1, -0.05) is 12.8 Å². The van der Waals surface area contributed by atoms with Crippen LogP contribution in [0.5, 0.6) is 0 Å². The van der Waals surface area contributed by atoms with Gasteiger partial charge in [-0.2, -0.15) is 0 Å². The third-order valence-electron chi connectivity index (χ3n) is 3.84. The van der Waals surface area contributed by atoms with Gasteiger partial charge in [0.05, 0.1) is 19.3 Å². The highest BCUT2D eigenvalue weighted by Crippen LogP contribution is 2.17. The first-order chi connectivity index (χ1) is 9.28. The topological polar surface area (TPSA) is 48.9 Å². The summed E-state index contributed by atoms with van der Waals surface area (Å²) in [5.41, 5.74) is 0. The fourth-order valence-electron chi connectivity index (χ4n) is 2.75. The van der Waals surface area contributed by atoms with Crippen LogP contribution in [0.2, 0.25) is 0 Å². The zero-order valence-corrected chi connectivity index (χ0v) is 12.3. The van der Waals surface area contributed by atoms with Crippen LogP contribution in [-0.4, -0.2) is 62.8 Å². The molecule has 2 N–H and O–H groups in total. The van der Waals surface area contributed by atoms with Crippen LogP contribution in [0.15, 0.2) is 4.99 Å². The van der Waals surface area contributed by atoms with E-state index in [4.69, 9.17) is 4.74 Å². The molecule has 1 heterocycles. The number of ether oxygens (including phenoxy) is 1. The van der Waals surface area contributed by atoms with Crippen molar-refractivity contribution in [3.8, 4) is 0 Å². The van der Waals surface area contributed by atoms with E-state index in [2.05, 4.69) is 34.5 Å². The molecular weight excluding hydrogens is 240 g/mol. The van der Waals surface area contributed by atoms with E-state index in [0.29, 0.717) is 6.04 Å². The summed E-state index contributed by atoms with van der Waals surface area (Å²) in [6.07, 6.45) is 5.46. The average Bonchev–Trinajstić information content (AvgIpc) is 2.89. The van der Waals surface area contributed by atoms with Crippen LogP contribution in [0.3, 0.4) is 0 Å². The molecule has 0 radical (unpaired) electrons. The number of guanidine groups is 1. The Morgan fingerprint density at radius 1 is 1.37 bits per heavy atom. The summed E-state index contributed by atoms with van der Waals surface area (Å²) in [4.78, 5) is 6.98. The normalized spacial score (nSPS) is 26.6. The summed E-state index contributed by atoms with van der Waals surface area (Å²) in [6, 6.07) is 0.604. The maximum absolute atomic E-state index is 5.74. The summed E-state index contributed by atoms with van der Waals surface area (Å²) in [5.74, 6) is 0.950. The van der Waals surface area contributed by atoms with E-state index in [0.717, 1.165) is 38.7 Å². The molecule has 5 heteroatoms. The molecule has 2 rings (SSSR count). The van der Waals surface area contributed by atoms with Gasteiger partial charge in [0, 0.05) is 25.7 Å². The van der Waals surface area contributed by atoms with Crippen LogP contribution in [0, 0.1) is 0 Å². The van der Waals surface area contributed by atoms with Crippen LogP contribution in [-0.2, 0) is 4.74 Å². The Kier molecular flexibility index (Phi) is 5.92. The highest BCUT2D eigenvalue weighted by molar-refractivity contribution is 5.80. The molecule has 0 spiro atoms. The second-order valence-corrected chi connectivity index (χ2v) is 5.60. The lowest BCUT2D eigenvalue weighted by Crippen LogP contribution is -2.44. The first-order valence-corrected chi connectivity index (χ1v) is 7.63. The molecule has 0 bridgehead atoms. The Labute approximate surface area is 116 Å². The second kappa shape index (κ2) is 7.70. The van der Waals surface area contributed by atoms with Crippen molar-refractivity contribution in [1.82, 2.24) is 15.5 Å². The van der Waals surface area contributed by atoms with Crippen molar-refractivity contribution in [1.29, 1.82) is 0 Å². The molecule has 1 saturated heterocycles. The smallest absolute Gasteiger partial charge is 0.191 e. The SMILES string of the molecule is CCNC(=NCC1CN(C)CCO1)NC1CCCC1. The van der Waals surface area contributed by atoms with E-state index < -0.39 is 0 Å².